The highest BCUT2D eigenvalue weighted by Crippen LogP contribution is 2.46. The summed E-state index contributed by atoms with van der Waals surface area (Å²) in [4.78, 5) is 14.0. The minimum Gasteiger partial charge on any atom is -0.497 e. The van der Waals surface area contributed by atoms with Crippen LogP contribution in [-0.4, -0.2) is 29.8 Å². The van der Waals surface area contributed by atoms with Gasteiger partial charge in [-0.15, -0.1) is 0 Å². The number of fused-ring (bicyclic) bond motifs is 1. The number of benzene rings is 1. The van der Waals surface area contributed by atoms with Crippen LogP contribution < -0.4 is 9.64 Å². The number of rotatable bonds is 4. The van der Waals surface area contributed by atoms with E-state index in [1.165, 1.54) is 5.56 Å². The molecule has 2 atom stereocenters. The summed E-state index contributed by atoms with van der Waals surface area (Å²) in [5, 5.41) is 9.77. The van der Waals surface area contributed by atoms with Gasteiger partial charge in [-0.1, -0.05) is 26.8 Å². The first-order valence-corrected chi connectivity index (χ1v) is 7.89. The van der Waals surface area contributed by atoms with Crippen LogP contribution in [-0.2, 0) is 4.79 Å². The van der Waals surface area contributed by atoms with Crippen molar-refractivity contribution in [3.8, 4) is 5.75 Å². The molecule has 0 bridgehead atoms. The van der Waals surface area contributed by atoms with Crippen LogP contribution in [0, 0.1) is 5.92 Å². The Bertz CT molecular complexity index is 565. The SMILES string of the molecule is COc1ccc2c(c1)N([C@@H](C(=O)O)C(C)C)C(C)(C)C[C@H]2C. The summed E-state index contributed by atoms with van der Waals surface area (Å²) < 4.78 is 5.36. The molecule has 1 N–H and O–H groups in total. The van der Waals surface area contributed by atoms with Gasteiger partial charge in [-0.2, -0.15) is 0 Å². The molecule has 0 saturated heterocycles. The molecular formula is C18H27NO3. The number of carboxylic acids is 1. The molecule has 1 aliphatic rings. The highest BCUT2D eigenvalue weighted by molar-refractivity contribution is 5.80. The minimum absolute atomic E-state index is 0.0178. The van der Waals surface area contributed by atoms with Crippen molar-refractivity contribution in [1.82, 2.24) is 0 Å². The second kappa shape index (κ2) is 5.82. The Balaban J connectivity index is 2.64. The fourth-order valence-electron chi connectivity index (χ4n) is 3.78. The topological polar surface area (TPSA) is 49.8 Å². The van der Waals surface area contributed by atoms with Crippen LogP contribution in [0.1, 0.15) is 52.5 Å². The van der Waals surface area contributed by atoms with E-state index >= 15 is 0 Å². The molecule has 0 amide bonds. The standard InChI is InChI=1S/C18H27NO3/c1-11(2)16(17(20)21)19-15-9-13(22-6)7-8-14(15)12(3)10-18(19,4)5/h7-9,11-12,16H,10H2,1-6H3,(H,20,21)/t12-,16-/m1/s1. The van der Waals surface area contributed by atoms with Gasteiger partial charge in [-0.3, -0.25) is 0 Å². The van der Waals surface area contributed by atoms with Crippen molar-refractivity contribution in [2.24, 2.45) is 5.92 Å². The zero-order valence-corrected chi connectivity index (χ0v) is 14.4. The predicted octanol–water partition coefficient (Wildman–Crippen LogP) is 3.90. The lowest BCUT2D eigenvalue weighted by molar-refractivity contribution is -0.140. The lowest BCUT2D eigenvalue weighted by Gasteiger charge is -2.51. The van der Waals surface area contributed by atoms with Gasteiger partial charge in [0.2, 0.25) is 0 Å². The molecule has 0 fully saturated rings. The number of hydrogen-bond acceptors (Lipinski definition) is 3. The van der Waals surface area contributed by atoms with Gasteiger partial charge in [-0.25, -0.2) is 4.79 Å². The highest BCUT2D eigenvalue weighted by atomic mass is 16.5. The number of hydrogen-bond donors (Lipinski definition) is 1. The number of ether oxygens (including phenoxy) is 1. The molecule has 122 valence electrons. The van der Waals surface area contributed by atoms with Gasteiger partial charge in [0.15, 0.2) is 0 Å². The van der Waals surface area contributed by atoms with Gasteiger partial charge in [0.1, 0.15) is 11.8 Å². The molecule has 1 aliphatic heterocycles. The van der Waals surface area contributed by atoms with Gasteiger partial charge in [0.05, 0.1) is 7.11 Å². The maximum Gasteiger partial charge on any atom is 0.326 e. The number of carbonyl (C=O) groups is 1. The number of carboxylic acid groups (broad SMARTS) is 1. The van der Waals surface area contributed by atoms with Crippen LogP contribution in [0.4, 0.5) is 5.69 Å². The summed E-state index contributed by atoms with van der Waals surface area (Å²) in [5.41, 5.74) is 1.97. The van der Waals surface area contributed by atoms with Crippen molar-refractivity contribution in [3.63, 3.8) is 0 Å². The summed E-state index contributed by atoms with van der Waals surface area (Å²) in [6, 6.07) is 5.45. The van der Waals surface area contributed by atoms with E-state index in [0.717, 1.165) is 17.9 Å². The lowest BCUT2D eigenvalue weighted by atomic mass is 9.78. The first-order chi connectivity index (χ1) is 10.2. The molecule has 2 rings (SSSR count). The lowest BCUT2D eigenvalue weighted by Crippen LogP contribution is -2.58. The van der Waals surface area contributed by atoms with Crippen LogP contribution in [0.25, 0.3) is 0 Å². The number of anilines is 1. The van der Waals surface area contributed by atoms with Gasteiger partial charge < -0.3 is 14.7 Å². The Morgan fingerprint density at radius 1 is 1.41 bits per heavy atom. The maximum absolute atomic E-state index is 11.9. The van der Waals surface area contributed by atoms with Gasteiger partial charge >= 0.3 is 5.97 Å². The van der Waals surface area contributed by atoms with E-state index < -0.39 is 12.0 Å². The zero-order valence-electron chi connectivity index (χ0n) is 14.4. The molecule has 1 aromatic rings. The Morgan fingerprint density at radius 3 is 2.55 bits per heavy atom. The molecule has 22 heavy (non-hydrogen) atoms. The third kappa shape index (κ3) is 2.79. The Labute approximate surface area is 133 Å². The summed E-state index contributed by atoms with van der Waals surface area (Å²) in [6.45, 7) is 10.4. The molecule has 0 spiro atoms. The van der Waals surface area contributed by atoms with Crippen molar-refractivity contribution in [2.75, 3.05) is 12.0 Å². The highest BCUT2D eigenvalue weighted by Gasteiger charge is 2.43. The van der Waals surface area contributed by atoms with Crippen molar-refractivity contribution < 1.29 is 14.6 Å². The monoisotopic (exact) mass is 305 g/mol. The van der Waals surface area contributed by atoms with E-state index in [1.54, 1.807) is 7.11 Å². The molecule has 4 heteroatoms. The normalized spacial score (nSPS) is 21.4. The van der Waals surface area contributed by atoms with E-state index in [4.69, 9.17) is 4.74 Å². The average molecular weight is 305 g/mol. The second-order valence-electron chi connectivity index (χ2n) is 7.24. The number of aliphatic carboxylic acids is 1. The summed E-state index contributed by atoms with van der Waals surface area (Å²) in [5.74, 6) is 0.408. The molecular weight excluding hydrogens is 278 g/mol. The smallest absolute Gasteiger partial charge is 0.326 e. The molecule has 1 aromatic carbocycles. The average Bonchev–Trinajstić information content (AvgIpc) is 2.41. The van der Waals surface area contributed by atoms with Crippen LogP contribution in [0.15, 0.2) is 18.2 Å². The Morgan fingerprint density at radius 2 is 2.05 bits per heavy atom. The van der Waals surface area contributed by atoms with Crippen molar-refractivity contribution >= 4 is 11.7 Å². The molecule has 4 nitrogen and oxygen atoms in total. The van der Waals surface area contributed by atoms with Crippen molar-refractivity contribution in [1.29, 1.82) is 0 Å². The van der Waals surface area contributed by atoms with E-state index in [0.29, 0.717) is 5.92 Å². The Hall–Kier alpha value is -1.71. The van der Waals surface area contributed by atoms with E-state index in [-0.39, 0.29) is 11.5 Å². The fourth-order valence-corrected chi connectivity index (χ4v) is 3.78. The van der Waals surface area contributed by atoms with Crippen LogP contribution in [0.5, 0.6) is 5.75 Å². The summed E-state index contributed by atoms with van der Waals surface area (Å²) in [7, 11) is 1.64. The maximum atomic E-state index is 11.9. The quantitative estimate of drug-likeness (QED) is 0.916. The van der Waals surface area contributed by atoms with Gasteiger partial charge in [0.25, 0.3) is 0 Å². The van der Waals surface area contributed by atoms with Crippen LogP contribution in [0.3, 0.4) is 0 Å². The predicted molar refractivity (Wildman–Crippen MR) is 88.8 cm³/mol. The van der Waals surface area contributed by atoms with E-state index in [9.17, 15) is 9.90 Å². The molecule has 1 heterocycles. The summed E-state index contributed by atoms with van der Waals surface area (Å²) in [6.07, 6.45) is 0.933. The third-order valence-electron chi connectivity index (χ3n) is 4.65. The first-order valence-electron chi connectivity index (χ1n) is 7.89. The minimum atomic E-state index is -0.772. The largest absolute Gasteiger partial charge is 0.497 e. The van der Waals surface area contributed by atoms with Crippen LogP contribution in [0.2, 0.25) is 0 Å². The molecule has 0 saturated carbocycles. The van der Waals surface area contributed by atoms with Crippen LogP contribution >= 0.6 is 0 Å². The number of nitrogens with zero attached hydrogens (tertiary/aromatic N) is 1. The van der Waals surface area contributed by atoms with Crippen molar-refractivity contribution in [2.45, 2.75) is 58.5 Å². The van der Waals surface area contributed by atoms with E-state index in [1.807, 2.05) is 26.0 Å². The second-order valence-corrected chi connectivity index (χ2v) is 7.24. The molecule has 0 radical (unpaired) electrons. The Kier molecular flexibility index (Phi) is 4.41. The zero-order chi connectivity index (χ0) is 16.7. The first kappa shape index (κ1) is 16.7. The van der Waals surface area contributed by atoms with Crippen molar-refractivity contribution in [3.05, 3.63) is 23.8 Å². The molecule has 0 unspecified atom stereocenters. The third-order valence-corrected chi connectivity index (χ3v) is 4.65. The number of methoxy groups -OCH3 is 1. The summed E-state index contributed by atoms with van der Waals surface area (Å²) >= 11 is 0. The van der Waals surface area contributed by atoms with Gasteiger partial charge in [0, 0.05) is 17.3 Å². The molecule has 0 aliphatic carbocycles. The van der Waals surface area contributed by atoms with Gasteiger partial charge in [-0.05, 0) is 43.7 Å². The molecule has 0 aromatic heterocycles. The fraction of sp³-hybridized carbons (Fsp3) is 0.611. The van der Waals surface area contributed by atoms with E-state index in [2.05, 4.69) is 31.7 Å².